The van der Waals surface area contributed by atoms with Crippen LogP contribution < -0.4 is 0 Å². The first-order chi connectivity index (χ1) is 9.10. The van der Waals surface area contributed by atoms with E-state index in [-0.39, 0.29) is 23.8 Å². The molecule has 5 heteroatoms. The summed E-state index contributed by atoms with van der Waals surface area (Å²) < 4.78 is 0. The van der Waals surface area contributed by atoms with Crippen LogP contribution in [0.4, 0.5) is 0 Å². The van der Waals surface area contributed by atoms with Crippen LogP contribution >= 0.6 is 0 Å². The molecule has 1 aliphatic rings. The van der Waals surface area contributed by atoms with Crippen molar-refractivity contribution in [3.8, 4) is 11.5 Å². The number of hydrogen-bond donors (Lipinski definition) is 2. The Kier molecular flexibility index (Phi) is 4.27. The van der Waals surface area contributed by atoms with E-state index >= 15 is 0 Å². The molecular formula is C14H20N2O3. The van der Waals surface area contributed by atoms with Gasteiger partial charge in [0.1, 0.15) is 0 Å². The Bertz CT molecular complexity index is 454. The maximum atomic E-state index is 12.1. The third-order valence-electron chi connectivity index (χ3n) is 3.57. The average molecular weight is 264 g/mol. The van der Waals surface area contributed by atoms with Crippen molar-refractivity contribution < 1.29 is 15.0 Å². The van der Waals surface area contributed by atoms with Gasteiger partial charge in [-0.05, 0) is 24.2 Å². The molecule has 0 unspecified atom stereocenters. The van der Waals surface area contributed by atoms with Crippen molar-refractivity contribution in [2.75, 3.05) is 32.7 Å². The molecule has 0 spiro atoms. The van der Waals surface area contributed by atoms with E-state index in [1.54, 1.807) is 6.07 Å². The zero-order chi connectivity index (χ0) is 13.8. The summed E-state index contributed by atoms with van der Waals surface area (Å²) in [5.41, 5.74) is 0.721. The van der Waals surface area contributed by atoms with Gasteiger partial charge in [0.15, 0.2) is 11.5 Å². The molecule has 0 radical (unpaired) electrons. The molecular weight excluding hydrogens is 244 g/mol. The predicted molar refractivity (Wildman–Crippen MR) is 72.2 cm³/mol. The first kappa shape index (κ1) is 13.7. The first-order valence-corrected chi connectivity index (χ1v) is 6.61. The Hall–Kier alpha value is -1.75. The lowest BCUT2D eigenvalue weighted by Gasteiger charge is -2.34. The fourth-order valence-electron chi connectivity index (χ4n) is 2.28. The number of carbonyl (C=O) groups is 1. The number of phenols is 2. The smallest absolute Gasteiger partial charge is 0.227 e. The normalized spacial score (nSPS) is 16.6. The minimum absolute atomic E-state index is 0.0702. The van der Waals surface area contributed by atoms with E-state index in [9.17, 15) is 15.0 Å². The molecule has 1 aromatic carbocycles. The van der Waals surface area contributed by atoms with Gasteiger partial charge in [-0.2, -0.15) is 0 Å². The Labute approximate surface area is 113 Å². The van der Waals surface area contributed by atoms with Gasteiger partial charge in [0, 0.05) is 26.2 Å². The van der Waals surface area contributed by atoms with Gasteiger partial charge < -0.3 is 20.0 Å². The molecule has 0 atom stereocenters. The lowest BCUT2D eigenvalue weighted by Crippen LogP contribution is -2.48. The number of likely N-dealkylation sites (N-methyl/N-ethyl adjacent to an activating group) is 1. The van der Waals surface area contributed by atoms with E-state index < -0.39 is 0 Å². The summed E-state index contributed by atoms with van der Waals surface area (Å²) in [6.45, 7) is 6.50. The molecule has 0 bridgehead atoms. The first-order valence-electron chi connectivity index (χ1n) is 6.61. The van der Waals surface area contributed by atoms with E-state index in [0.29, 0.717) is 0 Å². The molecule has 0 saturated carbocycles. The monoisotopic (exact) mass is 264 g/mol. The summed E-state index contributed by atoms with van der Waals surface area (Å²) in [5.74, 6) is -0.269. The van der Waals surface area contributed by atoms with E-state index in [1.165, 1.54) is 12.1 Å². The van der Waals surface area contributed by atoms with Crippen molar-refractivity contribution in [3.63, 3.8) is 0 Å². The number of piperazine rings is 1. The van der Waals surface area contributed by atoms with Gasteiger partial charge in [-0.1, -0.05) is 13.0 Å². The Morgan fingerprint density at radius 3 is 2.42 bits per heavy atom. The van der Waals surface area contributed by atoms with Gasteiger partial charge >= 0.3 is 0 Å². The number of carbonyl (C=O) groups excluding carboxylic acids is 1. The lowest BCUT2D eigenvalue weighted by atomic mass is 10.1. The molecule has 1 saturated heterocycles. The van der Waals surface area contributed by atoms with E-state index in [4.69, 9.17) is 0 Å². The van der Waals surface area contributed by atoms with Gasteiger partial charge in [0.2, 0.25) is 5.91 Å². The molecule has 1 amide bonds. The second-order valence-corrected chi connectivity index (χ2v) is 4.81. The highest BCUT2D eigenvalue weighted by atomic mass is 16.3. The van der Waals surface area contributed by atoms with Crippen molar-refractivity contribution in [1.29, 1.82) is 0 Å². The summed E-state index contributed by atoms with van der Waals surface area (Å²) >= 11 is 0. The van der Waals surface area contributed by atoms with Crippen LogP contribution in [0.3, 0.4) is 0 Å². The summed E-state index contributed by atoms with van der Waals surface area (Å²) in [6, 6.07) is 4.51. The molecule has 2 rings (SSSR count). The molecule has 5 nitrogen and oxygen atoms in total. The summed E-state index contributed by atoms with van der Waals surface area (Å²) in [4.78, 5) is 16.3. The number of aromatic hydroxyl groups is 2. The minimum Gasteiger partial charge on any atom is -0.504 e. The number of phenolic OH excluding ortho intramolecular Hbond substituents is 2. The Morgan fingerprint density at radius 2 is 1.84 bits per heavy atom. The number of amides is 1. The van der Waals surface area contributed by atoms with Gasteiger partial charge in [0.05, 0.1) is 6.42 Å². The maximum absolute atomic E-state index is 12.1. The lowest BCUT2D eigenvalue weighted by molar-refractivity contribution is -0.132. The highest BCUT2D eigenvalue weighted by molar-refractivity contribution is 5.79. The topological polar surface area (TPSA) is 64.0 Å². The molecule has 19 heavy (non-hydrogen) atoms. The zero-order valence-corrected chi connectivity index (χ0v) is 11.2. The number of rotatable bonds is 3. The second kappa shape index (κ2) is 5.93. The number of benzene rings is 1. The number of nitrogens with zero attached hydrogens (tertiary/aromatic N) is 2. The van der Waals surface area contributed by atoms with E-state index in [2.05, 4.69) is 11.8 Å². The fraction of sp³-hybridized carbons (Fsp3) is 0.500. The molecule has 1 aliphatic heterocycles. The van der Waals surface area contributed by atoms with Crippen LogP contribution in [0.5, 0.6) is 11.5 Å². The third-order valence-corrected chi connectivity index (χ3v) is 3.57. The molecule has 0 aliphatic carbocycles. The van der Waals surface area contributed by atoms with Crippen molar-refractivity contribution in [2.24, 2.45) is 0 Å². The van der Waals surface area contributed by atoms with Crippen LogP contribution in [0.2, 0.25) is 0 Å². The van der Waals surface area contributed by atoms with Crippen LogP contribution in [0.15, 0.2) is 18.2 Å². The van der Waals surface area contributed by atoms with Gasteiger partial charge in [-0.3, -0.25) is 4.79 Å². The van der Waals surface area contributed by atoms with Crippen LogP contribution in [0.25, 0.3) is 0 Å². The minimum atomic E-state index is -0.180. The standard InChI is InChI=1S/C14H20N2O3/c1-2-15-5-7-16(8-6-15)14(19)10-11-3-4-12(17)13(18)9-11/h3-4,9,17-18H,2,5-8,10H2,1H3. The van der Waals surface area contributed by atoms with Crippen molar-refractivity contribution in [2.45, 2.75) is 13.3 Å². The van der Waals surface area contributed by atoms with Crippen molar-refractivity contribution >= 4 is 5.91 Å². The summed E-state index contributed by atoms with van der Waals surface area (Å²) in [5, 5.41) is 18.6. The molecule has 1 aromatic rings. The maximum Gasteiger partial charge on any atom is 0.227 e. The van der Waals surface area contributed by atoms with E-state index in [1.807, 2.05) is 4.90 Å². The van der Waals surface area contributed by atoms with Crippen molar-refractivity contribution in [3.05, 3.63) is 23.8 Å². The number of hydrogen-bond acceptors (Lipinski definition) is 4. The summed E-state index contributed by atoms with van der Waals surface area (Å²) in [7, 11) is 0. The Balaban J connectivity index is 1.92. The largest absolute Gasteiger partial charge is 0.504 e. The zero-order valence-electron chi connectivity index (χ0n) is 11.2. The van der Waals surface area contributed by atoms with Crippen LogP contribution in [0, 0.1) is 0 Å². The second-order valence-electron chi connectivity index (χ2n) is 4.81. The van der Waals surface area contributed by atoms with Crippen LogP contribution in [0.1, 0.15) is 12.5 Å². The molecule has 2 N–H and O–H groups in total. The van der Waals surface area contributed by atoms with Crippen LogP contribution in [-0.4, -0.2) is 58.6 Å². The molecule has 1 fully saturated rings. The third kappa shape index (κ3) is 3.38. The van der Waals surface area contributed by atoms with Gasteiger partial charge in [0.25, 0.3) is 0 Å². The van der Waals surface area contributed by atoms with Crippen molar-refractivity contribution in [1.82, 2.24) is 9.80 Å². The quantitative estimate of drug-likeness (QED) is 0.793. The average Bonchev–Trinajstić information content (AvgIpc) is 2.43. The van der Waals surface area contributed by atoms with Gasteiger partial charge in [-0.15, -0.1) is 0 Å². The van der Waals surface area contributed by atoms with Gasteiger partial charge in [-0.25, -0.2) is 0 Å². The highest BCUT2D eigenvalue weighted by Crippen LogP contribution is 2.25. The Morgan fingerprint density at radius 1 is 1.16 bits per heavy atom. The molecule has 0 aromatic heterocycles. The predicted octanol–water partition coefficient (Wildman–Crippen LogP) is 0.804. The molecule has 104 valence electrons. The molecule has 1 heterocycles. The fourth-order valence-corrected chi connectivity index (χ4v) is 2.28. The van der Waals surface area contributed by atoms with Crippen LogP contribution in [-0.2, 0) is 11.2 Å². The highest BCUT2D eigenvalue weighted by Gasteiger charge is 2.20. The van der Waals surface area contributed by atoms with E-state index in [0.717, 1.165) is 38.3 Å². The SMILES string of the molecule is CCN1CCN(C(=O)Cc2ccc(O)c(O)c2)CC1. The summed E-state index contributed by atoms with van der Waals surface area (Å²) in [6.07, 6.45) is 0.264.